The number of ketones is 1. The van der Waals surface area contributed by atoms with E-state index in [1.54, 1.807) is 12.3 Å². The minimum absolute atomic E-state index is 0.294. The quantitative estimate of drug-likeness (QED) is 0.746. The molecule has 0 radical (unpaired) electrons. The van der Waals surface area contributed by atoms with E-state index in [1.807, 2.05) is 21.0 Å². The second-order valence-corrected chi connectivity index (χ2v) is 6.01. The molecule has 0 amide bonds. The number of benzene rings is 1. The Balaban J connectivity index is 0. The van der Waals surface area contributed by atoms with Crippen molar-refractivity contribution in [1.29, 1.82) is 0 Å². The molecule has 1 atom stereocenters. The summed E-state index contributed by atoms with van der Waals surface area (Å²) < 4.78 is 0. The Kier molecular flexibility index (Phi) is 16.3. The highest BCUT2D eigenvalue weighted by Crippen LogP contribution is 2.14. The first-order valence-corrected chi connectivity index (χ1v) is 8.62. The average Bonchev–Trinajstić information content (AvgIpc) is 2.48. The molecular weight excluding hydrogens is 304 g/mol. The van der Waals surface area contributed by atoms with Gasteiger partial charge in [0.05, 0.1) is 0 Å². The molecule has 0 fully saturated rings. The highest BCUT2D eigenvalue weighted by molar-refractivity contribution is 7.78. The van der Waals surface area contributed by atoms with Gasteiger partial charge in [-0.1, -0.05) is 43.3 Å². The molecule has 0 saturated heterocycles. The van der Waals surface area contributed by atoms with Crippen molar-refractivity contribution in [3.8, 4) is 0 Å². The highest BCUT2D eigenvalue weighted by Gasteiger charge is 2.06. The van der Waals surface area contributed by atoms with Crippen molar-refractivity contribution in [3.05, 3.63) is 29.3 Å². The van der Waals surface area contributed by atoms with E-state index < -0.39 is 0 Å². The van der Waals surface area contributed by atoms with Crippen LogP contribution in [0.2, 0.25) is 0 Å². The Hall–Kier alpha value is -1.26. The van der Waals surface area contributed by atoms with Crippen molar-refractivity contribution in [3.63, 3.8) is 0 Å². The number of carbonyl (C=O) groups excluding carboxylic acids is 1. The Labute approximate surface area is 148 Å². The number of Topliss-reactive ketones (excluding diaryl/α,β-unsaturated/α-hetero) is 1. The maximum absolute atomic E-state index is 10.7. The summed E-state index contributed by atoms with van der Waals surface area (Å²) in [6, 6.07) is 6.38. The van der Waals surface area contributed by atoms with Crippen LogP contribution in [-0.2, 0) is 4.79 Å². The van der Waals surface area contributed by atoms with Crippen molar-refractivity contribution in [2.75, 3.05) is 26.0 Å². The Morgan fingerprint density at radius 2 is 1.87 bits per heavy atom. The number of nitrogens with one attached hydrogen (secondary N) is 2. The lowest BCUT2D eigenvalue weighted by molar-refractivity contribution is -0.117. The molecule has 1 unspecified atom stereocenters. The fourth-order valence-corrected chi connectivity index (χ4v) is 2.15. The van der Waals surface area contributed by atoms with Gasteiger partial charge in [-0.15, -0.1) is 0 Å². The zero-order chi connectivity index (χ0) is 18.3. The summed E-state index contributed by atoms with van der Waals surface area (Å²) in [6.07, 6.45) is 1.80. The van der Waals surface area contributed by atoms with Crippen molar-refractivity contribution in [2.45, 2.75) is 47.5 Å². The number of aryl methyl sites for hydroxylation is 2. The van der Waals surface area contributed by atoms with Crippen LogP contribution in [0.3, 0.4) is 0 Å². The predicted molar refractivity (Wildman–Crippen MR) is 108 cm³/mol. The van der Waals surface area contributed by atoms with E-state index in [1.165, 1.54) is 16.8 Å². The summed E-state index contributed by atoms with van der Waals surface area (Å²) in [5.74, 6) is 0.824. The van der Waals surface area contributed by atoms with Crippen LogP contribution in [0.5, 0.6) is 0 Å². The van der Waals surface area contributed by atoms with Crippen molar-refractivity contribution < 1.29 is 4.79 Å². The zero-order valence-electron chi connectivity index (χ0n) is 15.8. The van der Waals surface area contributed by atoms with Crippen LogP contribution in [0.15, 0.2) is 18.2 Å². The predicted octanol–water partition coefficient (Wildman–Crippen LogP) is 4.56. The smallest absolute Gasteiger partial charge is 0.130 e. The summed E-state index contributed by atoms with van der Waals surface area (Å²) in [6.45, 7) is 10.7. The van der Waals surface area contributed by atoms with Crippen LogP contribution < -0.4 is 10.6 Å². The SMILES string of the molecule is CC=S.CCC(CNC)CC(C)=O.CNc1ccc(C)cc1C. The number of thiocarbonyl (C=S) groups is 1. The Morgan fingerprint density at radius 1 is 1.30 bits per heavy atom. The van der Waals surface area contributed by atoms with Gasteiger partial charge in [0.15, 0.2) is 0 Å². The van der Waals surface area contributed by atoms with Crippen LogP contribution in [0.1, 0.15) is 44.7 Å². The van der Waals surface area contributed by atoms with Crippen LogP contribution in [0.25, 0.3) is 0 Å². The van der Waals surface area contributed by atoms with Crippen molar-refractivity contribution >= 4 is 29.1 Å². The third-order valence-corrected chi connectivity index (χ3v) is 3.30. The highest BCUT2D eigenvalue weighted by atomic mass is 32.1. The molecular formula is C19H34N2OS. The van der Waals surface area contributed by atoms with Crippen LogP contribution >= 0.6 is 12.2 Å². The lowest BCUT2D eigenvalue weighted by Gasteiger charge is -2.10. The van der Waals surface area contributed by atoms with Crippen molar-refractivity contribution in [1.82, 2.24) is 5.32 Å². The van der Waals surface area contributed by atoms with Gasteiger partial charge >= 0.3 is 0 Å². The summed E-state index contributed by atoms with van der Waals surface area (Å²) in [4.78, 5) is 10.7. The fourth-order valence-electron chi connectivity index (χ4n) is 2.15. The average molecular weight is 339 g/mol. The van der Waals surface area contributed by atoms with E-state index in [4.69, 9.17) is 0 Å². The summed E-state index contributed by atoms with van der Waals surface area (Å²) in [7, 11) is 3.86. The van der Waals surface area contributed by atoms with Gasteiger partial charge < -0.3 is 15.4 Å². The monoisotopic (exact) mass is 338 g/mol. The Morgan fingerprint density at radius 3 is 2.22 bits per heavy atom. The van der Waals surface area contributed by atoms with E-state index in [2.05, 4.69) is 61.8 Å². The minimum atomic E-state index is 0.294. The number of carbonyl (C=O) groups is 1. The summed E-state index contributed by atoms with van der Waals surface area (Å²) >= 11 is 4.27. The molecule has 0 aliphatic rings. The normalized spacial score (nSPS) is 10.4. The van der Waals surface area contributed by atoms with Gasteiger partial charge in [0.2, 0.25) is 0 Å². The number of hydrogen-bond donors (Lipinski definition) is 2. The zero-order valence-corrected chi connectivity index (χ0v) is 16.6. The van der Waals surface area contributed by atoms with Gasteiger partial charge in [-0.2, -0.15) is 0 Å². The third-order valence-electron chi connectivity index (χ3n) is 3.30. The van der Waals surface area contributed by atoms with Crippen LogP contribution in [-0.4, -0.2) is 31.8 Å². The Bertz CT molecular complexity index is 447. The largest absolute Gasteiger partial charge is 0.388 e. The molecule has 3 nitrogen and oxygen atoms in total. The van der Waals surface area contributed by atoms with Gasteiger partial charge in [-0.3, -0.25) is 0 Å². The van der Waals surface area contributed by atoms with E-state index in [9.17, 15) is 4.79 Å². The molecule has 4 heteroatoms. The molecule has 2 N–H and O–H groups in total. The summed E-state index contributed by atoms with van der Waals surface area (Å²) in [5, 5.41) is 7.78. The molecule has 0 aromatic heterocycles. The minimum Gasteiger partial charge on any atom is -0.388 e. The second kappa shape index (κ2) is 15.6. The van der Waals surface area contributed by atoms with E-state index in [0.29, 0.717) is 11.7 Å². The van der Waals surface area contributed by atoms with Gasteiger partial charge in [-0.25, -0.2) is 0 Å². The lowest BCUT2D eigenvalue weighted by Crippen LogP contribution is -2.20. The molecule has 0 spiro atoms. The standard InChI is InChI=1S/C9H13N.C8H17NO.C2H4S/c1-7-4-5-9(10-3)8(2)6-7;1-4-8(6-9-3)5-7(2)10;1-2-3/h4-6,10H,1-3H3;8-9H,4-6H2,1-3H3;2H,1H3. The maximum atomic E-state index is 10.7. The first-order valence-electron chi connectivity index (χ1n) is 8.14. The number of anilines is 1. The summed E-state index contributed by atoms with van der Waals surface area (Å²) in [5.41, 5.74) is 3.84. The molecule has 1 rings (SSSR count). The van der Waals surface area contributed by atoms with Gasteiger partial charge in [0, 0.05) is 19.2 Å². The van der Waals surface area contributed by atoms with Crippen LogP contribution in [0.4, 0.5) is 5.69 Å². The topological polar surface area (TPSA) is 41.1 Å². The number of rotatable bonds is 6. The third kappa shape index (κ3) is 14.1. The van der Waals surface area contributed by atoms with E-state index >= 15 is 0 Å². The van der Waals surface area contributed by atoms with Gasteiger partial charge in [0.25, 0.3) is 0 Å². The van der Waals surface area contributed by atoms with Gasteiger partial charge in [0.1, 0.15) is 5.78 Å². The molecule has 132 valence electrons. The van der Waals surface area contributed by atoms with E-state index in [0.717, 1.165) is 19.4 Å². The first-order chi connectivity index (χ1) is 10.9. The lowest BCUT2D eigenvalue weighted by atomic mass is 10.0. The first kappa shape index (κ1) is 24.0. The molecule has 0 aliphatic heterocycles. The van der Waals surface area contributed by atoms with Crippen molar-refractivity contribution in [2.24, 2.45) is 5.92 Å². The molecule has 0 bridgehead atoms. The number of hydrogen-bond acceptors (Lipinski definition) is 4. The molecule has 1 aromatic rings. The molecule has 1 aromatic carbocycles. The molecule has 23 heavy (non-hydrogen) atoms. The van der Waals surface area contributed by atoms with Crippen LogP contribution in [0, 0.1) is 19.8 Å². The van der Waals surface area contributed by atoms with E-state index in [-0.39, 0.29) is 0 Å². The molecule has 0 aliphatic carbocycles. The van der Waals surface area contributed by atoms with Gasteiger partial charge in [-0.05, 0) is 64.2 Å². The second-order valence-electron chi connectivity index (χ2n) is 5.54. The maximum Gasteiger partial charge on any atom is 0.130 e. The molecule has 0 saturated carbocycles. The fraction of sp³-hybridized carbons (Fsp3) is 0.579. The molecule has 0 heterocycles.